The number of rotatable bonds is 8. The summed E-state index contributed by atoms with van der Waals surface area (Å²) in [4.78, 5) is 0. The van der Waals surface area contributed by atoms with E-state index < -0.39 is 7.60 Å². The van der Waals surface area contributed by atoms with Crippen molar-refractivity contribution in [3.63, 3.8) is 0 Å². The molecular formula is C16H27O4P. The van der Waals surface area contributed by atoms with Gasteiger partial charge in [-0.05, 0) is 29.9 Å². The second kappa shape index (κ2) is 7.98. The van der Waals surface area contributed by atoms with Crippen molar-refractivity contribution in [1.29, 1.82) is 0 Å². The summed E-state index contributed by atoms with van der Waals surface area (Å²) in [7, 11) is -1.80. The molecule has 0 saturated carbocycles. The van der Waals surface area contributed by atoms with Gasteiger partial charge in [-0.3, -0.25) is 4.52 Å². The molecular weight excluding hydrogens is 287 g/mol. The van der Waals surface area contributed by atoms with Gasteiger partial charge in [0.25, 0.3) is 0 Å². The Hall–Kier alpha value is -0.830. The van der Waals surface area contributed by atoms with Crippen LogP contribution in [0.15, 0.2) is 18.2 Å². The summed E-state index contributed by atoms with van der Waals surface area (Å²) in [6.07, 6.45) is -0.0508. The lowest BCUT2D eigenvalue weighted by atomic mass is 9.94. The molecule has 0 N–H and O–H groups in total. The number of para-hydroxylation sites is 1. The van der Waals surface area contributed by atoms with E-state index in [-0.39, 0.29) is 18.2 Å². The minimum absolute atomic E-state index is 0.0508. The summed E-state index contributed by atoms with van der Waals surface area (Å²) in [5.41, 5.74) is 2.08. The van der Waals surface area contributed by atoms with E-state index >= 15 is 0 Å². The first-order chi connectivity index (χ1) is 9.84. The van der Waals surface area contributed by atoms with E-state index in [1.165, 1.54) is 7.11 Å². The highest BCUT2D eigenvalue weighted by Crippen LogP contribution is 2.51. The van der Waals surface area contributed by atoms with E-state index in [2.05, 4.69) is 27.7 Å². The number of hydrogen-bond donors (Lipinski definition) is 0. The average Bonchev–Trinajstić information content (AvgIpc) is 2.38. The Morgan fingerprint density at radius 2 is 1.62 bits per heavy atom. The first kappa shape index (κ1) is 18.2. The summed E-state index contributed by atoms with van der Waals surface area (Å²) in [6.45, 7) is 10.5. The van der Waals surface area contributed by atoms with Crippen LogP contribution in [0, 0.1) is 0 Å². The van der Waals surface area contributed by atoms with Crippen molar-refractivity contribution in [2.75, 3.05) is 20.1 Å². The SMILES string of the molecule is CCOP(=O)(COC)Oc1c(C(C)C)cccc1C(C)C. The van der Waals surface area contributed by atoms with Gasteiger partial charge in [-0.2, -0.15) is 0 Å². The molecule has 0 aliphatic heterocycles. The molecule has 0 heterocycles. The molecule has 0 aliphatic carbocycles. The quantitative estimate of drug-likeness (QED) is 0.623. The molecule has 0 saturated heterocycles. The maximum absolute atomic E-state index is 12.8. The lowest BCUT2D eigenvalue weighted by molar-refractivity contribution is 0.196. The van der Waals surface area contributed by atoms with Crippen LogP contribution in [0.1, 0.15) is 57.6 Å². The molecule has 1 atom stereocenters. The Bertz CT molecular complexity index is 461. The maximum Gasteiger partial charge on any atom is 0.404 e. The molecule has 5 heteroatoms. The number of methoxy groups -OCH3 is 1. The van der Waals surface area contributed by atoms with Crippen LogP contribution >= 0.6 is 7.60 Å². The third-order valence-electron chi connectivity index (χ3n) is 3.16. The maximum atomic E-state index is 12.8. The van der Waals surface area contributed by atoms with E-state index in [0.29, 0.717) is 12.4 Å². The molecule has 1 rings (SSSR count). The van der Waals surface area contributed by atoms with Gasteiger partial charge in [0, 0.05) is 7.11 Å². The van der Waals surface area contributed by atoms with Gasteiger partial charge in [-0.15, -0.1) is 0 Å². The second-order valence-corrected chi connectivity index (χ2v) is 7.53. The van der Waals surface area contributed by atoms with Gasteiger partial charge in [0.15, 0.2) is 6.35 Å². The van der Waals surface area contributed by atoms with Gasteiger partial charge in [-0.1, -0.05) is 45.9 Å². The van der Waals surface area contributed by atoms with Crippen LogP contribution in [0.25, 0.3) is 0 Å². The summed E-state index contributed by atoms with van der Waals surface area (Å²) in [5.74, 6) is 1.23. The first-order valence-electron chi connectivity index (χ1n) is 7.39. The zero-order valence-corrected chi connectivity index (χ0v) is 14.8. The van der Waals surface area contributed by atoms with E-state index in [1.54, 1.807) is 6.92 Å². The molecule has 1 aromatic rings. The number of benzene rings is 1. The standard InChI is InChI=1S/C16H27O4P/c1-7-19-21(17,11-18-6)20-16-14(12(2)3)9-8-10-15(16)13(4)5/h8-10,12-13H,7,11H2,1-6H3. The van der Waals surface area contributed by atoms with E-state index in [0.717, 1.165) is 11.1 Å². The first-order valence-corrected chi connectivity index (χ1v) is 9.12. The third-order valence-corrected chi connectivity index (χ3v) is 4.85. The van der Waals surface area contributed by atoms with Crippen molar-refractivity contribution >= 4 is 7.60 Å². The lowest BCUT2D eigenvalue weighted by Gasteiger charge is -2.24. The van der Waals surface area contributed by atoms with Crippen LogP contribution < -0.4 is 4.52 Å². The van der Waals surface area contributed by atoms with E-state index in [1.807, 2.05) is 18.2 Å². The predicted molar refractivity (Wildman–Crippen MR) is 86.4 cm³/mol. The van der Waals surface area contributed by atoms with Crippen LogP contribution in [0.3, 0.4) is 0 Å². The van der Waals surface area contributed by atoms with Crippen LogP contribution in [0.2, 0.25) is 0 Å². The second-order valence-electron chi connectivity index (χ2n) is 5.61. The molecule has 1 unspecified atom stereocenters. The smallest absolute Gasteiger partial charge is 0.404 e. The van der Waals surface area contributed by atoms with Gasteiger partial charge in [-0.25, -0.2) is 4.57 Å². The molecule has 120 valence electrons. The van der Waals surface area contributed by atoms with Crippen LogP contribution in [0.5, 0.6) is 5.75 Å². The molecule has 0 radical (unpaired) electrons. The molecule has 0 fully saturated rings. The summed E-state index contributed by atoms with van der Waals surface area (Å²) in [6, 6.07) is 6.03. The molecule has 0 bridgehead atoms. The van der Waals surface area contributed by atoms with Crippen LogP contribution in [-0.4, -0.2) is 20.1 Å². The van der Waals surface area contributed by atoms with Crippen molar-refractivity contribution < 1.29 is 18.3 Å². The summed E-state index contributed by atoms with van der Waals surface area (Å²) in [5, 5.41) is 0. The molecule has 0 aromatic heterocycles. The minimum atomic E-state index is -3.30. The number of hydrogen-bond acceptors (Lipinski definition) is 4. The van der Waals surface area contributed by atoms with E-state index in [9.17, 15) is 4.57 Å². The van der Waals surface area contributed by atoms with Gasteiger partial charge in [0.2, 0.25) is 0 Å². The van der Waals surface area contributed by atoms with Crippen molar-refractivity contribution in [3.05, 3.63) is 29.3 Å². The van der Waals surface area contributed by atoms with Crippen LogP contribution in [-0.2, 0) is 13.8 Å². The Balaban J connectivity index is 3.29. The Morgan fingerprint density at radius 1 is 1.10 bits per heavy atom. The molecule has 21 heavy (non-hydrogen) atoms. The van der Waals surface area contributed by atoms with Gasteiger partial charge >= 0.3 is 7.60 Å². The van der Waals surface area contributed by atoms with Gasteiger partial charge < -0.3 is 9.26 Å². The highest BCUT2D eigenvalue weighted by molar-refractivity contribution is 7.54. The minimum Gasteiger partial charge on any atom is -0.422 e. The Morgan fingerprint density at radius 3 is 2.00 bits per heavy atom. The monoisotopic (exact) mass is 314 g/mol. The molecule has 4 nitrogen and oxygen atoms in total. The highest BCUT2D eigenvalue weighted by Gasteiger charge is 2.29. The molecule has 1 aromatic carbocycles. The number of ether oxygens (including phenoxy) is 1. The predicted octanol–water partition coefficient (Wildman–Crippen LogP) is 5.15. The molecule has 0 spiro atoms. The average molecular weight is 314 g/mol. The molecule has 0 aliphatic rings. The summed E-state index contributed by atoms with van der Waals surface area (Å²) < 4.78 is 29.0. The van der Waals surface area contributed by atoms with Crippen molar-refractivity contribution in [2.45, 2.75) is 46.5 Å². The van der Waals surface area contributed by atoms with E-state index in [4.69, 9.17) is 13.8 Å². The fraction of sp³-hybridized carbons (Fsp3) is 0.625. The largest absolute Gasteiger partial charge is 0.422 e. The summed E-state index contributed by atoms with van der Waals surface area (Å²) >= 11 is 0. The van der Waals surface area contributed by atoms with Crippen molar-refractivity contribution in [2.24, 2.45) is 0 Å². The Labute approximate surface area is 128 Å². The Kier molecular flexibility index (Phi) is 6.92. The topological polar surface area (TPSA) is 44.8 Å². The highest BCUT2D eigenvalue weighted by atomic mass is 31.2. The normalized spacial score (nSPS) is 14.5. The van der Waals surface area contributed by atoms with Crippen molar-refractivity contribution in [3.8, 4) is 5.75 Å². The lowest BCUT2D eigenvalue weighted by Crippen LogP contribution is -2.08. The van der Waals surface area contributed by atoms with Gasteiger partial charge in [0.05, 0.1) is 6.61 Å². The fourth-order valence-corrected chi connectivity index (χ4v) is 3.55. The third kappa shape index (κ3) is 4.84. The fourth-order valence-electron chi connectivity index (χ4n) is 2.17. The van der Waals surface area contributed by atoms with Gasteiger partial charge in [0.1, 0.15) is 5.75 Å². The zero-order valence-electron chi connectivity index (χ0n) is 13.9. The zero-order chi connectivity index (χ0) is 16.0. The molecule has 0 amide bonds. The van der Waals surface area contributed by atoms with Crippen molar-refractivity contribution in [1.82, 2.24) is 0 Å². The van der Waals surface area contributed by atoms with Crippen LogP contribution in [0.4, 0.5) is 0 Å².